The number of rotatable bonds is 5. The van der Waals surface area contributed by atoms with Gasteiger partial charge in [-0.1, -0.05) is 15.9 Å². The van der Waals surface area contributed by atoms with Crippen LogP contribution in [0.15, 0.2) is 34.1 Å². The fourth-order valence-corrected chi connectivity index (χ4v) is 3.28. The average Bonchev–Trinajstić information content (AvgIpc) is 2.98. The quantitative estimate of drug-likeness (QED) is 0.793. The lowest BCUT2D eigenvalue weighted by Crippen LogP contribution is -2.22. The van der Waals surface area contributed by atoms with Crippen LogP contribution in [-0.2, 0) is 11.3 Å². The zero-order valence-electron chi connectivity index (χ0n) is 13.8. The molecule has 0 saturated heterocycles. The molecule has 1 aromatic carbocycles. The number of methoxy groups -OCH3 is 1. The molecule has 0 fully saturated rings. The minimum atomic E-state index is -0.461. The van der Waals surface area contributed by atoms with Crippen LogP contribution < -0.4 is 15.2 Å². The Balaban J connectivity index is 2.25. The summed E-state index contributed by atoms with van der Waals surface area (Å²) >= 11 is 3.49. The molecule has 130 valence electrons. The Kier molecular flexibility index (Phi) is 4.97. The van der Waals surface area contributed by atoms with E-state index in [1.165, 1.54) is 0 Å². The topological polar surface area (TPSA) is 106 Å². The summed E-state index contributed by atoms with van der Waals surface area (Å²) in [7, 11) is 1.59. The Labute approximate surface area is 153 Å². The second-order valence-corrected chi connectivity index (χ2v) is 6.31. The summed E-state index contributed by atoms with van der Waals surface area (Å²) < 4.78 is 17.4. The standard InChI is InChI=1S/C17H17BrN4O3/c1-3-24-13-5-4-9(18)6-10(13)14-11(7-19)16(20)25-17-15(14)12(8-23-2)21-22-17/h4-6,14H,3,8,20H2,1-2H3,(H,21,22). The molecule has 25 heavy (non-hydrogen) atoms. The van der Waals surface area contributed by atoms with Crippen molar-refractivity contribution in [3.63, 3.8) is 0 Å². The highest BCUT2D eigenvalue weighted by molar-refractivity contribution is 9.10. The molecule has 0 amide bonds. The summed E-state index contributed by atoms with van der Waals surface area (Å²) in [6.07, 6.45) is 0. The molecule has 1 unspecified atom stereocenters. The minimum absolute atomic E-state index is 0.0397. The van der Waals surface area contributed by atoms with E-state index in [0.29, 0.717) is 30.4 Å². The number of allylic oxidation sites excluding steroid dienone is 1. The van der Waals surface area contributed by atoms with E-state index in [1.807, 2.05) is 25.1 Å². The molecular weight excluding hydrogens is 388 g/mol. The number of benzene rings is 1. The molecule has 8 heteroatoms. The molecule has 1 aliphatic heterocycles. The largest absolute Gasteiger partial charge is 0.494 e. The maximum Gasteiger partial charge on any atom is 0.244 e. The van der Waals surface area contributed by atoms with Gasteiger partial charge in [0.1, 0.15) is 17.4 Å². The SMILES string of the molecule is CCOc1ccc(Br)cc1C1C(C#N)=C(N)Oc2n[nH]c(COC)c21. The van der Waals surface area contributed by atoms with Gasteiger partial charge in [-0.3, -0.25) is 5.10 Å². The van der Waals surface area contributed by atoms with E-state index in [0.717, 1.165) is 21.3 Å². The van der Waals surface area contributed by atoms with Gasteiger partial charge in [0.05, 0.1) is 30.4 Å². The van der Waals surface area contributed by atoms with Crippen molar-refractivity contribution in [3.05, 3.63) is 50.9 Å². The van der Waals surface area contributed by atoms with Crippen molar-refractivity contribution in [2.45, 2.75) is 19.4 Å². The van der Waals surface area contributed by atoms with Crippen LogP contribution in [0.4, 0.5) is 0 Å². The third-order valence-electron chi connectivity index (χ3n) is 3.89. The highest BCUT2D eigenvalue weighted by Crippen LogP contribution is 2.46. The minimum Gasteiger partial charge on any atom is -0.494 e. The molecule has 2 heterocycles. The van der Waals surface area contributed by atoms with E-state index in [1.54, 1.807) is 7.11 Å². The maximum atomic E-state index is 9.68. The molecule has 7 nitrogen and oxygen atoms in total. The summed E-state index contributed by atoms with van der Waals surface area (Å²) in [5, 5.41) is 16.8. The smallest absolute Gasteiger partial charge is 0.244 e. The van der Waals surface area contributed by atoms with Gasteiger partial charge in [0.15, 0.2) is 0 Å². The predicted octanol–water partition coefficient (Wildman–Crippen LogP) is 2.94. The van der Waals surface area contributed by atoms with Crippen molar-refractivity contribution in [3.8, 4) is 17.7 Å². The van der Waals surface area contributed by atoms with E-state index >= 15 is 0 Å². The molecular formula is C17H17BrN4O3. The fourth-order valence-electron chi connectivity index (χ4n) is 2.91. The lowest BCUT2D eigenvalue weighted by atomic mass is 9.83. The summed E-state index contributed by atoms with van der Waals surface area (Å²) in [4.78, 5) is 0. The van der Waals surface area contributed by atoms with Gasteiger partial charge < -0.3 is 19.9 Å². The second-order valence-electron chi connectivity index (χ2n) is 5.39. The number of aromatic amines is 1. The Bertz CT molecular complexity index is 869. The molecule has 0 aliphatic carbocycles. The second kappa shape index (κ2) is 7.17. The van der Waals surface area contributed by atoms with E-state index in [-0.39, 0.29) is 5.88 Å². The summed E-state index contributed by atoms with van der Waals surface area (Å²) in [6, 6.07) is 7.83. The third-order valence-corrected chi connectivity index (χ3v) is 4.38. The molecule has 0 spiro atoms. The first-order valence-electron chi connectivity index (χ1n) is 7.66. The van der Waals surface area contributed by atoms with Gasteiger partial charge in [-0.2, -0.15) is 5.26 Å². The molecule has 1 aliphatic rings. The van der Waals surface area contributed by atoms with E-state index in [4.69, 9.17) is 19.9 Å². The van der Waals surface area contributed by atoms with E-state index in [9.17, 15) is 5.26 Å². The van der Waals surface area contributed by atoms with Crippen LogP contribution in [0.5, 0.6) is 11.6 Å². The van der Waals surface area contributed by atoms with Crippen molar-refractivity contribution in [2.24, 2.45) is 5.73 Å². The highest BCUT2D eigenvalue weighted by Gasteiger charge is 2.36. The van der Waals surface area contributed by atoms with Crippen LogP contribution in [0.3, 0.4) is 0 Å². The number of nitriles is 1. The molecule has 1 aromatic heterocycles. The molecule has 0 saturated carbocycles. The molecule has 1 atom stereocenters. The number of hydrogen-bond acceptors (Lipinski definition) is 6. The summed E-state index contributed by atoms with van der Waals surface area (Å²) in [5.74, 6) is 0.597. The van der Waals surface area contributed by atoms with Gasteiger partial charge in [-0.25, -0.2) is 0 Å². The van der Waals surface area contributed by atoms with Crippen molar-refractivity contribution in [1.29, 1.82) is 5.26 Å². The Hall–Kier alpha value is -2.50. The number of H-pyrrole nitrogens is 1. The zero-order valence-corrected chi connectivity index (χ0v) is 15.4. The van der Waals surface area contributed by atoms with Crippen molar-refractivity contribution in [2.75, 3.05) is 13.7 Å². The number of fused-ring (bicyclic) bond motifs is 1. The van der Waals surface area contributed by atoms with Gasteiger partial charge in [0, 0.05) is 17.1 Å². The Morgan fingerprint density at radius 2 is 2.28 bits per heavy atom. The van der Waals surface area contributed by atoms with E-state index < -0.39 is 5.92 Å². The van der Waals surface area contributed by atoms with Gasteiger partial charge >= 0.3 is 0 Å². The summed E-state index contributed by atoms with van der Waals surface area (Å²) in [6.45, 7) is 2.71. The molecule has 3 rings (SSSR count). The monoisotopic (exact) mass is 404 g/mol. The van der Waals surface area contributed by atoms with Crippen LogP contribution in [-0.4, -0.2) is 23.9 Å². The highest BCUT2D eigenvalue weighted by atomic mass is 79.9. The lowest BCUT2D eigenvalue weighted by molar-refractivity contribution is 0.180. The number of aromatic nitrogens is 2. The first-order chi connectivity index (χ1) is 12.1. The number of nitrogens with two attached hydrogens (primary N) is 1. The van der Waals surface area contributed by atoms with E-state index in [2.05, 4.69) is 32.2 Å². The molecule has 2 aromatic rings. The van der Waals surface area contributed by atoms with Crippen molar-refractivity contribution < 1.29 is 14.2 Å². The third kappa shape index (κ3) is 3.08. The number of halogens is 1. The van der Waals surface area contributed by atoms with Crippen LogP contribution in [0.2, 0.25) is 0 Å². The lowest BCUT2D eigenvalue weighted by Gasteiger charge is -2.25. The number of ether oxygens (including phenoxy) is 3. The van der Waals surface area contributed by atoms with Crippen LogP contribution in [0.1, 0.15) is 29.7 Å². The first-order valence-corrected chi connectivity index (χ1v) is 8.45. The van der Waals surface area contributed by atoms with Crippen molar-refractivity contribution in [1.82, 2.24) is 10.2 Å². The maximum absolute atomic E-state index is 9.68. The van der Waals surface area contributed by atoms with Gasteiger partial charge in [0.25, 0.3) is 0 Å². The molecule has 0 radical (unpaired) electrons. The average molecular weight is 405 g/mol. The van der Waals surface area contributed by atoms with Crippen LogP contribution in [0.25, 0.3) is 0 Å². The Morgan fingerprint density at radius 3 is 2.96 bits per heavy atom. The zero-order chi connectivity index (χ0) is 18.0. The van der Waals surface area contributed by atoms with Gasteiger partial charge in [-0.05, 0) is 25.1 Å². The normalized spacial score (nSPS) is 16.2. The molecule has 0 bridgehead atoms. The number of nitrogens with zero attached hydrogens (tertiary/aromatic N) is 2. The Morgan fingerprint density at radius 1 is 1.48 bits per heavy atom. The molecule has 3 N–H and O–H groups in total. The fraction of sp³-hybridized carbons (Fsp3) is 0.294. The van der Waals surface area contributed by atoms with Crippen LogP contribution in [0, 0.1) is 11.3 Å². The number of hydrogen-bond donors (Lipinski definition) is 2. The van der Waals surface area contributed by atoms with Gasteiger partial charge in [-0.15, -0.1) is 5.10 Å². The summed E-state index contributed by atoms with van der Waals surface area (Å²) in [5.41, 5.74) is 8.55. The number of nitrogens with one attached hydrogen (secondary N) is 1. The first kappa shape index (κ1) is 17.3. The van der Waals surface area contributed by atoms with Crippen molar-refractivity contribution >= 4 is 15.9 Å². The van der Waals surface area contributed by atoms with Gasteiger partial charge in [0.2, 0.25) is 11.8 Å². The predicted molar refractivity (Wildman–Crippen MR) is 93.9 cm³/mol. The van der Waals surface area contributed by atoms with Crippen LogP contribution >= 0.6 is 15.9 Å².